The number of nitrogens with one attached hydrogen (secondary N) is 1. The minimum Gasteiger partial charge on any atom is -0.487 e. The van der Waals surface area contributed by atoms with Crippen LogP contribution in [0.5, 0.6) is 0 Å². The summed E-state index contributed by atoms with van der Waals surface area (Å²) in [5.41, 5.74) is 5.25. The highest BCUT2D eigenvalue weighted by molar-refractivity contribution is 7.85. The Kier molecular flexibility index (Phi) is 4.49. The van der Waals surface area contributed by atoms with E-state index in [-0.39, 0.29) is 12.5 Å². The monoisotopic (exact) mass is 385 g/mol. The number of ether oxygens (including phenoxy) is 1. The van der Waals surface area contributed by atoms with Gasteiger partial charge in [-0.05, 0) is 24.5 Å². The number of carbonyl (C=O) groups excluding carboxylic acids is 1. The molecule has 2 aliphatic heterocycles. The van der Waals surface area contributed by atoms with E-state index in [0.29, 0.717) is 30.8 Å². The molecule has 2 aromatic rings. The zero-order chi connectivity index (χ0) is 19.0. The first-order chi connectivity index (χ1) is 12.9. The summed E-state index contributed by atoms with van der Waals surface area (Å²) in [7, 11) is -3.40. The molecule has 7 heteroatoms. The van der Waals surface area contributed by atoms with Crippen LogP contribution in [0.4, 0.5) is 5.69 Å². The number of para-hydroxylation sites is 1. The number of fused-ring (bicyclic) bond motifs is 2. The first kappa shape index (κ1) is 17.8. The van der Waals surface area contributed by atoms with E-state index in [1.165, 1.54) is 0 Å². The highest BCUT2D eigenvalue weighted by Crippen LogP contribution is 2.41. The van der Waals surface area contributed by atoms with E-state index in [1.807, 2.05) is 42.5 Å². The lowest BCUT2D eigenvalue weighted by molar-refractivity contribution is -0.110. The van der Waals surface area contributed by atoms with E-state index in [4.69, 9.17) is 8.92 Å². The lowest BCUT2D eigenvalue weighted by atomic mass is 9.98. The molecular weight excluding hydrogens is 366 g/mol. The molecule has 27 heavy (non-hydrogen) atoms. The van der Waals surface area contributed by atoms with Crippen LogP contribution in [0.1, 0.15) is 28.7 Å². The molecule has 0 aliphatic carbocycles. The molecule has 6 nitrogen and oxygen atoms in total. The predicted molar refractivity (Wildman–Crippen MR) is 102 cm³/mol. The van der Waals surface area contributed by atoms with Crippen molar-refractivity contribution in [2.24, 2.45) is 0 Å². The summed E-state index contributed by atoms with van der Waals surface area (Å²) in [4.78, 5) is 12.4. The molecule has 0 aromatic heterocycles. The van der Waals surface area contributed by atoms with Crippen LogP contribution in [0.2, 0.25) is 0 Å². The van der Waals surface area contributed by atoms with E-state index in [9.17, 15) is 13.2 Å². The molecular formula is C20H19NO5S. The van der Waals surface area contributed by atoms with Gasteiger partial charge in [-0.15, -0.1) is 0 Å². The van der Waals surface area contributed by atoms with Gasteiger partial charge in [0, 0.05) is 22.4 Å². The Hall–Kier alpha value is -2.64. The number of hydrogen-bond acceptors (Lipinski definition) is 5. The van der Waals surface area contributed by atoms with Gasteiger partial charge in [0.25, 0.3) is 16.0 Å². The van der Waals surface area contributed by atoms with E-state index < -0.39 is 10.1 Å². The average Bonchev–Trinajstić information content (AvgIpc) is 3.17. The van der Waals surface area contributed by atoms with Gasteiger partial charge in [-0.2, -0.15) is 8.42 Å². The molecule has 0 spiro atoms. The van der Waals surface area contributed by atoms with Crippen LogP contribution >= 0.6 is 0 Å². The predicted octanol–water partition coefficient (Wildman–Crippen LogP) is 2.95. The smallest absolute Gasteiger partial charge is 0.264 e. The third kappa shape index (κ3) is 3.61. The summed E-state index contributed by atoms with van der Waals surface area (Å²) in [5, 5.41) is 2.87. The molecule has 4 rings (SSSR count). The third-order valence-electron chi connectivity index (χ3n) is 4.59. The van der Waals surface area contributed by atoms with Gasteiger partial charge in [-0.3, -0.25) is 8.98 Å². The van der Waals surface area contributed by atoms with E-state index in [2.05, 4.69) is 5.32 Å². The van der Waals surface area contributed by atoms with Crippen LogP contribution < -0.4 is 5.32 Å². The van der Waals surface area contributed by atoms with Crippen molar-refractivity contribution < 1.29 is 22.1 Å². The van der Waals surface area contributed by atoms with Gasteiger partial charge < -0.3 is 10.1 Å². The van der Waals surface area contributed by atoms with Crippen molar-refractivity contribution in [3.05, 3.63) is 64.7 Å². The number of hydrogen-bond donors (Lipinski definition) is 1. The minimum atomic E-state index is -3.40. The Bertz CT molecular complexity index is 1060. The molecule has 0 fully saturated rings. The van der Waals surface area contributed by atoms with Gasteiger partial charge in [0.05, 0.1) is 18.4 Å². The normalized spacial score (nSPS) is 18.0. The number of rotatable bonds is 5. The first-order valence-corrected chi connectivity index (χ1v) is 10.5. The summed E-state index contributed by atoms with van der Waals surface area (Å²) >= 11 is 0. The van der Waals surface area contributed by atoms with Gasteiger partial charge in [-0.1, -0.05) is 36.4 Å². The molecule has 0 atom stereocenters. The quantitative estimate of drug-likeness (QED) is 0.486. The molecule has 0 unspecified atom stereocenters. The second kappa shape index (κ2) is 6.83. The van der Waals surface area contributed by atoms with Gasteiger partial charge in [0.1, 0.15) is 12.4 Å². The minimum absolute atomic E-state index is 0.152. The van der Waals surface area contributed by atoms with Crippen molar-refractivity contribution in [2.75, 3.05) is 18.2 Å². The zero-order valence-electron chi connectivity index (χ0n) is 14.8. The average molecular weight is 385 g/mol. The van der Waals surface area contributed by atoms with Crippen molar-refractivity contribution in [3.8, 4) is 0 Å². The van der Waals surface area contributed by atoms with Crippen LogP contribution in [0.15, 0.2) is 42.5 Å². The second-order valence-electron chi connectivity index (χ2n) is 6.61. The molecule has 2 heterocycles. The molecule has 0 bridgehead atoms. The summed E-state index contributed by atoms with van der Waals surface area (Å²) < 4.78 is 32.6. The van der Waals surface area contributed by atoms with Crippen molar-refractivity contribution in [1.29, 1.82) is 0 Å². The SMILES string of the molecule is CS(=O)(=O)OCCCc1ccc2c(c1)CO/C2=C1/C(=O)Nc2ccccc21. The Morgan fingerprint density at radius 2 is 1.96 bits per heavy atom. The maximum atomic E-state index is 12.4. The van der Waals surface area contributed by atoms with Crippen molar-refractivity contribution in [2.45, 2.75) is 19.4 Å². The molecule has 0 saturated heterocycles. The van der Waals surface area contributed by atoms with Gasteiger partial charge in [0.15, 0.2) is 0 Å². The van der Waals surface area contributed by atoms with Crippen molar-refractivity contribution in [1.82, 2.24) is 0 Å². The zero-order valence-corrected chi connectivity index (χ0v) is 15.6. The van der Waals surface area contributed by atoms with Gasteiger partial charge in [0.2, 0.25) is 0 Å². The number of aryl methyl sites for hydroxylation is 1. The molecule has 0 radical (unpaired) electrons. The lowest BCUT2D eigenvalue weighted by Gasteiger charge is -2.06. The van der Waals surface area contributed by atoms with Crippen LogP contribution in [0.25, 0.3) is 11.3 Å². The lowest BCUT2D eigenvalue weighted by Crippen LogP contribution is -2.05. The Morgan fingerprint density at radius 3 is 2.78 bits per heavy atom. The highest BCUT2D eigenvalue weighted by atomic mass is 32.2. The molecule has 0 saturated carbocycles. The fourth-order valence-corrected chi connectivity index (χ4v) is 3.83. The van der Waals surface area contributed by atoms with Crippen LogP contribution in [0.3, 0.4) is 0 Å². The van der Waals surface area contributed by atoms with Crippen LogP contribution in [-0.4, -0.2) is 27.2 Å². The largest absolute Gasteiger partial charge is 0.487 e. The maximum Gasteiger partial charge on any atom is 0.264 e. The fraction of sp³-hybridized carbons (Fsp3) is 0.250. The number of carbonyl (C=O) groups is 1. The van der Waals surface area contributed by atoms with Gasteiger partial charge in [-0.25, -0.2) is 0 Å². The topological polar surface area (TPSA) is 81.7 Å². The van der Waals surface area contributed by atoms with Gasteiger partial charge >= 0.3 is 0 Å². The highest BCUT2D eigenvalue weighted by Gasteiger charge is 2.32. The Morgan fingerprint density at radius 1 is 1.15 bits per heavy atom. The first-order valence-electron chi connectivity index (χ1n) is 8.67. The molecule has 2 aromatic carbocycles. The number of anilines is 1. The fourth-order valence-electron chi connectivity index (χ4n) is 3.41. The van der Waals surface area contributed by atoms with E-state index in [0.717, 1.165) is 34.2 Å². The molecule has 140 valence electrons. The third-order valence-corrected chi connectivity index (χ3v) is 5.19. The van der Waals surface area contributed by atoms with Crippen molar-refractivity contribution >= 4 is 33.0 Å². The molecule has 2 aliphatic rings. The molecule has 1 amide bonds. The summed E-state index contributed by atoms with van der Waals surface area (Å²) in [6, 6.07) is 13.6. The number of amides is 1. The van der Waals surface area contributed by atoms with E-state index in [1.54, 1.807) is 0 Å². The van der Waals surface area contributed by atoms with Crippen molar-refractivity contribution in [3.63, 3.8) is 0 Å². The van der Waals surface area contributed by atoms with Crippen LogP contribution in [0, 0.1) is 0 Å². The van der Waals surface area contributed by atoms with E-state index >= 15 is 0 Å². The summed E-state index contributed by atoms with van der Waals surface area (Å²) in [6.45, 7) is 0.579. The summed E-state index contributed by atoms with van der Waals surface area (Å²) in [5.74, 6) is 0.459. The van der Waals surface area contributed by atoms with Crippen LogP contribution in [-0.2, 0) is 36.9 Å². The number of benzene rings is 2. The Labute approximate surface area is 157 Å². The maximum absolute atomic E-state index is 12.4. The summed E-state index contributed by atoms with van der Waals surface area (Å²) in [6.07, 6.45) is 2.36. The second-order valence-corrected chi connectivity index (χ2v) is 8.26. The Balaban J connectivity index is 1.56. The standard InChI is InChI=1S/C20H19NO5S/c1-27(23,24)26-10-4-5-13-8-9-15-14(11-13)12-25-19(15)18-16-6-2-3-7-17(16)21-20(18)22/h2-3,6-9,11H,4-5,10,12H2,1H3,(H,21,22)/b19-18+. The molecule has 1 N–H and O–H groups in total.